The van der Waals surface area contributed by atoms with E-state index in [4.69, 9.17) is 0 Å². The lowest BCUT2D eigenvalue weighted by molar-refractivity contribution is -0.123. The van der Waals surface area contributed by atoms with E-state index < -0.39 is 0 Å². The minimum absolute atomic E-state index is 0.170. The summed E-state index contributed by atoms with van der Waals surface area (Å²) in [7, 11) is 0. The highest BCUT2D eigenvalue weighted by Crippen LogP contribution is 2.24. The number of rotatable bonds is 10. The highest BCUT2D eigenvalue weighted by atomic mass is 16.1. The van der Waals surface area contributed by atoms with E-state index in [1.165, 1.54) is 38.5 Å². The Labute approximate surface area is 207 Å². The van der Waals surface area contributed by atoms with Crippen molar-refractivity contribution in [3.63, 3.8) is 0 Å². The predicted molar refractivity (Wildman–Crippen MR) is 143 cm³/mol. The Morgan fingerprint density at radius 2 is 0.971 bits per heavy atom. The van der Waals surface area contributed by atoms with Crippen molar-refractivity contribution >= 4 is 23.7 Å². The molecule has 2 fully saturated rings. The van der Waals surface area contributed by atoms with E-state index in [-0.39, 0.29) is 22.4 Å². The normalized spacial score (nSPS) is 19.2. The van der Waals surface area contributed by atoms with E-state index in [2.05, 4.69) is 9.80 Å². The van der Waals surface area contributed by atoms with Gasteiger partial charge in [-0.3, -0.25) is 9.59 Å². The van der Waals surface area contributed by atoms with Crippen LogP contribution in [0.2, 0.25) is 0 Å². The third-order valence-electron chi connectivity index (χ3n) is 7.26. The summed E-state index contributed by atoms with van der Waals surface area (Å²) in [5.41, 5.74) is 1.24. The van der Waals surface area contributed by atoms with Crippen LogP contribution in [0.3, 0.4) is 0 Å². The second kappa shape index (κ2) is 12.1. The van der Waals surface area contributed by atoms with E-state index in [0.29, 0.717) is 0 Å². The molecule has 0 saturated carbocycles. The first-order valence-electron chi connectivity index (χ1n) is 13.2. The molecule has 1 aromatic rings. The molecule has 186 valence electrons. The second-order valence-corrected chi connectivity index (χ2v) is 11.5. The number of benzene rings is 1. The van der Waals surface area contributed by atoms with Crippen LogP contribution in [0.4, 0.5) is 0 Å². The van der Waals surface area contributed by atoms with Gasteiger partial charge in [-0.15, -0.1) is 0 Å². The smallest absolute Gasteiger partial charge is 0.162 e. The van der Waals surface area contributed by atoms with Gasteiger partial charge in [0.05, 0.1) is 0 Å². The summed E-state index contributed by atoms with van der Waals surface area (Å²) >= 11 is 0. The summed E-state index contributed by atoms with van der Waals surface area (Å²) in [5, 5.41) is 0. The molecule has 4 heteroatoms. The van der Waals surface area contributed by atoms with Crippen molar-refractivity contribution in [2.45, 2.75) is 66.2 Å². The molecule has 4 nitrogen and oxygen atoms in total. The zero-order valence-electron chi connectivity index (χ0n) is 21.8. The minimum atomic E-state index is -0.377. The molecule has 2 aliphatic rings. The van der Waals surface area contributed by atoms with Crippen LogP contribution in [-0.2, 0) is 9.59 Å². The zero-order valence-corrected chi connectivity index (χ0v) is 21.8. The fourth-order valence-electron chi connectivity index (χ4n) is 5.02. The van der Waals surface area contributed by atoms with Crippen molar-refractivity contribution in [3.8, 4) is 0 Å². The largest absolute Gasteiger partial charge is 0.302 e. The Kier molecular flexibility index (Phi) is 9.44. The lowest BCUT2D eigenvalue weighted by Crippen LogP contribution is -2.41. The van der Waals surface area contributed by atoms with Crippen LogP contribution in [0.15, 0.2) is 36.4 Å². The summed E-state index contributed by atoms with van der Waals surface area (Å²) < 4.78 is 0. The molecule has 2 heterocycles. The summed E-state index contributed by atoms with van der Waals surface area (Å²) in [6, 6.07) is 8.02. The van der Waals surface area contributed by atoms with E-state index in [0.717, 1.165) is 50.4 Å². The van der Waals surface area contributed by atoms with Gasteiger partial charge in [-0.2, -0.15) is 0 Å². The molecule has 0 aromatic heterocycles. The Morgan fingerprint density at radius 1 is 0.647 bits per heavy atom. The topological polar surface area (TPSA) is 40.6 Å². The number of likely N-dealkylation sites (tertiary alicyclic amines) is 2. The molecule has 0 aliphatic carbocycles. The van der Waals surface area contributed by atoms with Gasteiger partial charge >= 0.3 is 0 Å². The van der Waals surface area contributed by atoms with Crippen molar-refractivity contribution < 1.29 is 9.59 Å². The van der Waals surface area contributed by atoms with Crippen molar-refractivity contribution in [2.24, 2.45) is 10.8 Å². The van der Waals surface area contributed by atoms with Gasteiger partial charge in [0.15, 0.2) is 11.6 Å². The molecule has 0 unspecified atom stereocenters. The first-order chi connectivity index (χ1) is 16.2. The molecule has 0 spiro atoms. The molecular weight excluding hydrogens is 420 g/mol. The Bertz CT molecular complexity index is 795. The van der Waals surface area contributed by atoms with Crippen LogP contribution in [0, 0.1) is 10.8 Å². The van der Waals surface area contributed by atoms with Gasteiger partial charge in [0.1, 0.15) is 0 Å². The number of carbonyl (C=O) groups excluding carboxylic acids is 2. The van der Waals surface area contributed by atoms with Crippen molar-refractivity contribution in [3.05, 3.63) is 47.5 Å². The predicted octanol–water partition coefficient (Wildman–Crippen LogP) is 5.88. The number of hydrogen-bond acceptors (Lipinski definition) is 4. The fraction of sp³-hybridized carbons (Fsp3) is 0.600. The number of carbonyl (C=O) groups is 2. The van der Waals surface area contributed by atoms with Crippen molar-refractivity contribution in [1.82, 2.24) is 9.80 Å². The van der Waals surface area contributed by atoms with Crippen LogP contribution in [0.25, 0.3) is 12.2 Å². The molecule has 3 rings (SSSR count). The van der Waals surface area contributed by atoms with Gasteiger partial charge in [0.2, 0.25) is 0 Å². The second-order valence-electron chi connectivity index (χ2n) is 11.5. The Morgan fingerprint density at radius 3 is 1.29 bits per heavy atom. The van der Waals surface area contributed by atoms with Gasteiger partial charge in [-0.1, -0.05) is 77.0 Å². The molecule has 2 aliphatic heterocycles. The minimum Gasteiger partial charge on any atom is -0.302 e. The maximum Gasteiger partial charge on any atom is 0.162 e. The molecule has 0 amide bonds. The lowest BCUT2D eigenvalue weighted by Gasteiger charge is -2.33. The average molecular weight is 465 g/mol. The summed E-state index contributed by atoms with van der Waals surface area (Å²) in [6.45, 7) is 14.3. The van der Waals surface area contributed by atoms with Crippen molar-refractivity contribution in [2.75, 3.05) is 39.3 Å². The quantitative estimate of drug-likeness (QED) is 0.406. The Hall–Kier alpha value is -2.04. The summed E-state index contributed by atoms with van der Waals surface area (Å²) in [5.74, 6) is 0.340. The average Bonchev–Trinajstić information content (AvgIpc) is 2.82. The Balaban J connectivity index is 1.52. The number of ketones is 2. The molecule has 2 saturated heterocycles. The number of piperidine rings is 2. The number of allylic oxidation sites excluding steroid dienone is 2. The van der Waals surface area contributed by atoms with Crippen LogP contribution < -0.4 is 0 Å². The monoisotopic (exact) mass is 464 g/mol. The van der Waals surface area contributed by atoms with Gasteiger partial charge in [0, 0.05) is 23.9 Å². The van der Waals surface area contributed by atoms with Gasteiger partial charge in [0.25, 0.3) is 0 Å². The first-order valence-corrected chi connectivity index (χ1v) is 13.2. The van der Waals surface area contributed by atoms with Gasteiger partial charge < -0.3 is 9.80 Å². The molecule has 1 aromatic carbocycles. The highest BCUT2D eigenvalue weighted by molar-refractivity contribution is 5.98. The highest BCUT2D eigenvalue weighted by Gasteiger charge is 2.29. The molecule has 0 radical (unpaired) electrons. The van der Waals surface area contributed by atoms with Crippen LogP contribution in [-0.4, -0.2) is 60.6 Å². The molecule has 0 atom stereocenters. The van der Waals surface area contributed by atoms with Gasteiger partial charge in [-0.25, -0.2) is 0 Å². The maximum absolute atomic E-state index is 12.8. The number of hydrogen-bond donors (Lipinski definition) is 0. The summed E-state index contributed by atoms with van der Waals surface area (Å²) in [4.78, 5) is 30.5. The molecule has 34 heavy (non-hydrogen) atoms. The van der Waals surface area contributed by atoms with Crippen LogP contribution in [0.5, 0.6) is 0 Å². The number of nitrogens with zero attached hydrogens (tertiary/aromatic N) is 2. The molecule has 0 bridgehead atoms. The molecule has 0 N–H and O–H groups in total. The maximum atomic E-state index is 12.8. The SMILES string of the molecule is CC(C)(CN1CCCCC1)C(=O)/C=C\c1ccc(/C=C\C(=O)C(C)(C)CN2CCCCC2)cc1. The first kappa shape index (κ1) is 26.6. The fourth-order valence-corrected chi connectivity index (χ4v) is 5.02. The lowest BCUT2D eigenvalue weighted by atomic mass is 9.86. The van der Waals surface area contributed by atoms with E-state index in [9.17, 15) is 9.59 Å². The zero-order chi connectivity index (χ0) is 24.6. The standard InChI is InChI=1S/C30H44N2O2/c1-29(2,23-31-19-7-5-8-20-31)27(33)17-15-25-11-13-26(14-12-25)16-18-28(34)30(3,4)24-32-21-9-6-10-22-32/h11-18H,5-10,19-24H2,1-4H3/b17-15-,18-16-. The van der Waals surface area contributed by atoms with E-state index >= 15 is 0 Å². The third kappa shape index (κ3) is 8.02. The third-order valence-corrected chi connectivity index (χ3v) is 7.26. The molecular formula is C30H44N2O2. The van der Waals surface area contributed by atoms with Crippen molar-refractivity contribution in [1.29, 1.82) is 0 Å². The summed E-state index contributed by atoms with van der Waals surface area (Å²) in [6.07, 6.45) is 14.8. The van der Waals surface area contributed by atoms with Gasteiger partial charge in [-0.05, 0) is 75.1 Å². The van der Waals surface area contributed by atoms with E-state index in [1.807, 2.05) is 64.1 Å². The van der Waals surface area contributed by atoms with E-state index in [1.54, 1.807) is 12.2 Å². The van der Waals surface area contributed by atoms with Crippen LogP contribution in [0.1, 0.15) is 77.3 Å². The van der Waals surface area contributed by atoms with Crippen LogP contribution >= 0.6 is 0 Å².